The quantitative estimate of drug-likeness (QED) is 0.861. The Morgan fingerprint density at radius 3 is 2.88 bits per heavy atom. The molecular formula is C13H18N4. The number of aryl methyl sites for hydroxylation is 1. The molecule has 0 bridgehead atoms. The van der Waals surface area contributed by atoms with E-state index in [2.05, 4.69) is 40.9 Å². The number of H-pyrrole nitrogens is 1. The first kappa shape index (κ1) is 10.6. The van der Waals surface area contributed by atoms with E-state index in [1.807, 2.05) is 12.4 Å². The van der Waals surface area contributed by atoms with E-state index in [1.54, 1.807) is 0 Å². The highest BCUT2D eigenvalue weighted by molar-refractivity contribution is 5.90. The molecule has 0 spiro atoms. The van der Waals surface area contributed by atoms with E-state index in [0.29, 0.717) is 0 Å². The standard InChI is InChI=1S/C13H18N4/c1-8(2)10-6-17(7-10)11-5-15-16-12-9(3)4-14-13(11)12/h4-5,8,10,14H,6-7H2,1-3H3. The Morgan fingerprint density at radius 2 is 2.18 bits per heavy atom. The summed E-state index contributed by atoms with van der Waals surface area (Å²) in [5.41, 5.74) is 4.48. The van der Waals surface area contributed by atoms with Gasteiger partial charge in [0.25, 0.3) is 0 Å². The average Bonchev–Trinajstić information content (AvgIpc) is 2.59. The van der Waals surface area contributed by atoms with E-state index < -0.39 is 0 Å². The number of rotatable bonds is 2. The molecular weight excluding hydrogens is 212 g/mol. The Labute approximate surface area is 101 Å². The molecule has 0 unspecified atom stereocenters. The molecule has 0 radical (unpaired) electrons. The summed E-state index contributed by atoms with van der Waals surface area (Å²) in [4.78, 5) is 5.69. The van der Waals surface area contributed by atoms with Gasteiger partial charge in [0, 0.05) is 19.3 Å². The van der Waals surface area contributed by atoms with E-state index in [4.69, 9.17) is 0 Å². The van der Waals surface area contributed by atoms with Crippen molar-refractivity contribution < 1.29 is 0 Å². The fourth-order valence-electron chi connectivity index (χ4n) is 2.42. The van der Waals surface area contributed by atoms with Crippen LogP contribution in [0.2, 0.25) is 0 Å². The molecule has 90 valence electrons. The fraction of sp³-hybridized carbons (Fsp3) is 0.538. The molecule has 3 heterocycles. The van der Waals surface area contributed by atoms with Gasteiger partial charge in [0.05, 0.1) is 17.4 Å². The summed E-state index contributed by atoms with van der Waals surface area (Å²) in [6.07, 6.45) is 3.87. The lowest BCUT2D eigenvalue weighted by Crippen LogP contribution is -2.49. The predicted octanol–water partition coefficient (Wildman–Crippen LogP) is 2.36. The van der Waals surface area contributed by atoms with Crippen LogP contribution in [0, 0.1) is 18.8 Å². The highest BCUT2D eigenvalue weighted by Crippen LogP contribution is 2.32. The van der Waals surface area contributed by atoms with Gasteiger partial charge in [-0.25, -0.2) is 0 Å². The molecule has 1 fully saturated rings. The zero-order chi connectivity index (χ0) is 12.0. The Balaban J connectivity index is 1.92. The van der Waals surface area contributed by atoms with Gasteiger partial charge in [-0.3, -0.25) is 0 Å². The van der Waals surface area contributed by atoms with Gasteiger partial charge in [0.15, 0.2) is 0 Å². The molecule has 0 amide bonds. The van der Waals surface area contributed by atoms with Gasteiger partial charge < -0.3 is 9.88 Å². The highest BCUT2D eigenvalue weighted by atomic mass is 15.2. The fourth-order valence-corrected chi connectivity index (χ4v) is 2.42. The van der Waals surface area contributed by atoms with E-state index in [9.17, 15) is 0 Å². The minimum atomic E-state index is 0.766. The lowest BCUT2D eigenvalue weighted by Gasteiger charge is -2.43. The Morgan fingerprint density at radius 1 is 1.41 bits per heavy atom. The van der Waals surface area contributed by atoms with Gasteiger partial charge >= 0.3 is 0 Å². The molecule has 0 aromatic carbocycles. The predicted molar refractivity (Wildman–Crippen MR) is 69.2 cm³/mol. The number of hydrogen-bond acceptors (Lipinski definition) is 3. The summed E-state index contributed by atoms with van der Waals surface area (Å²) in [6, 6.07) is 0. The van der Waals surface area contributed by atoms with Crippen molar-refractivity contribution in [1.82, 2.24) is 15.2 Å². The number of hydrogen-bond donors (Lipinski definition) is 1. The number of fused-ring (bicyclic) bond motifs is 1. The van der Waals surface area contributed by atoms with Crippen molar-refractivity contribution in [3.8, 4) is 0 Å². The van der Waals surface area contributed by atoms with Crippen LogP contribution in [-0.4, -0.2) is 28.3 Å². The van der Waals surface area contributed by atoms with Gasteiger partial charge in [0.1, 0.15) is 5.52 Å². The zero-order valence-corrected chi connectivity index (χ0v) is 10.6. The molecule has 3 rings (SSSR count). The van der Waals surface area contributed by atoms with E-state index in [-0.39, 0.29) is 0 Å². The van der Waals surface area contributed by atoms with Crippen LogP contribution < -0.4 is 4.90 Å². The number of anilines is 1. The van der Waals surface area contributed by atoms with Gasteiger partial charge in [-0.15, -0.1) is 5.10 Å². The van der Waals surface area contributed by atoms with Crippen molar-refractivity contribution >= 4 is 16.7 Å². The maximum absolute atomic E-state index is 4.19. The van der Waals surface area contributed by atoms with Crippen molar-refractivity contribution in [2.45, 2.75) is 20.8 Å². The molecule has 1 N–H and O–H groups in total. The first-order valence-electron chi connectivity index (χ1n) is 6.21. The van der Waals surface area contributed by atoms with Crippen LogP contribution in [0.15, 0.2) is 12.4 Å². The third-order valence-corrected chi connectivity index (χ3v) is 3.83. The average molecular weight is 230 g/mol. The second kappa shape index (κ2) is 3.72. The van der Waals surface area contributed by atoms with E-state index in [0.717, 1.165) is 41.5 Å². The summed E-state index contributed by atoms with van der Waals surface area (Å²) >= 11 is 0. The number of nitrogens with zero attached hydrogens (tertiary/aromatic N) is 3. The van der Waals surface area contributed by atoms with Crippen molar-refractivity contribution in [1.29, 1.82) is 0 Å². The minimum absolute atomic E-state index is 0.766. The molecule has 17 heavy (non-hydrogen) atoms. The number of aromatic amines is 1. The third-order valence-electron chi connectivity index (χ3n) is 3.83. The molecule has 1 saturated heterocycles. The SMILES string of the molecule is Cc1c[nH]c2c(N3CC(C(C)C)C3)cnnc12. The highest BCUT2D eigenvalue weighted by Gasteiger charge is 2.30. The van der Waals surface area contributed by atoms with Crippen LogP contribution >= 0.6 is 0 Å². The monoisotopic (exact) mass is 230 g/mol. The van der Waals surface area contributed by atoms with Gasteiger partial charge in [-0.05, 0) is 24.3 Å². The maximum Gasteiger partial charge on any atom is 0.116 e. The molecule has 1 aliphatic heterocycles. The van der Waals surface area contributed by atoms with E-state index >= 15 is 0 Å². The molecule has 0 aliphatic carbocycles. The summed E-state index contributed by atoms with van der Waals surface area (Å²) in [6.45, 7) is 8.92. The van der Waals surface area contributed by atoms with Crippen molar-refractivity contribution in [3.63, 3.8) is 0 Å². The second-order valence-electron chi connectivity index (χ2n) is 5.33. The smallest absolute Gasteiger partial charge is 0.116 e. The minimum Gasteiger partial charge on any atom is -0.368 e. The van der Waals surface area contributed by atoms with Crippen LogP contribution in [0.4, 0.5) is 5.69 Å². The molecule has 1 aliphatic rings. The van der Waals surface area contributed by atoms with Crippen molar-refractivity contribution in [2.75, 3.05) is 18.0 Å². The molecule has 4 nitrogen and oxygen atoms in total. The van der Waals surface area contributed by atoms with Crippen LogP contribution in [0.1, 0.15) is 19.4 Å². The number of nitrogens with one attached hydrogen (secondary N) is 1. The summed E-state index contributed by atoms with van der Waals surface area (Å²) in [5, 5.41) is 8.30. The molecule has 0 atom stereocenters. The van der Waals surface area contributed by atoms with Crippen molar-refractivity contribution in [2.24, 2.45) is 11.8 Å². The maximum atomic E-state index is 4.19. The van der Waals surface area contributed by atoms with Crippen LogP contribution in [-0.2, 0) is 0 Å². The first-order valence-corrected chi connectivity index (χ1v) is 6.21. The van der Waals surface area contributed by atoms with Crippen molar-refractivity contribution in [3.05, 3.63) is 18.0 Å². The zero-order valence-electron chi connectivity index (χ0n) is 10.6. The van der Waals surface area contributed by atoms with Crippen LogP contribution in [0.25, 0.3) is 11.0 Å². The third kappa shape index (κ3) is 1.59. The van der Waals surface area contributed by atoms with Gasteiger partial charge in [-0.2, -0.15) is 5.10 Å². The second-order valence-corrected chi connectivity index (χ2v) is 5.33. The Bertz CT molecular complexity index is 537. The lowest BCUT2D eigenvalue weighted by atomic mass is 9.88. The largest absolute Gasteiger partial charge is 0.368 e. The topological polar surface area (TPSA) is 44.8 Å². The molecule has 0 saturated carbocycles. The normalized spacial score (nSPS) is 16.8. The summed E-state index contributed by atoms with van der Waals surface area (Å²) < 4.78 is 0. The Hall–Kier alpha value is -1.58. The molecule has 2 aromatic heterocycles. The number of aromatic nitrogens is 3. The lowest BCUT2D eigenvalue weighted by molar-refractivity contribution is 0.310. The summed E-state index contributed by atoms with van der Waals surface area (Å²) in [7, 11) is 0. The summed E-state index contributed by atoms with van der Waals surface area (Å²) in [5.74, 6) is 1.58. The first-order chi connectivity index (χ1) is 8.16. The van der Waals surface area contributed by atoms with E-state index in [1.165, 1.54) is 5.69 Å². The van der Waals surface area contributed by atoms with Crippen LogP contribution in [0.5, 0.6) is 0 Å². The van der Waals surface area contributed by atoms with Gasteiger partial charge in [0.2, 0.25) is 0 Å². The van der Waals surface area contributed by atoms with Gasteiger partial charge in [-0.1, -0.05) is 13.8 Å². The van der Waals surface area contributed by atoms with Crippen LogP contribution in [0.3, 0.4) is 0 Å². The molecule has 2 aromatic rings. The molecule has 4 heteroatoms. The Kier molecular flexibility index (Phi) is 2.31.